The number of nitrogens with zero attached hydrogens (tertiary/aromatic N) is 2. The molecule has 3 aliphatic rings. The van der Waals surface area contributed by atoms with Crippen molar-refractivity contribution < 1.29 is 39.6 Å². The molecule has 3 aliphatic carbocycles. The lowest BCUT2D eigenvalue weighted by molar-refractivity contribution is -0.147. The molecule has 3 atom stereocenters. The molecule has 40 heavy (non-hydrogen) atoms. The van der Waals surface area contributed by atoms with Crippen LogP contribution in [0, 0.1) is 17.3 Å². The van der Waals surface area contributed by atoms with Gasteiger partial charge < -0.3 is 36.0 Å². The number of hydrogen-bond donors (Lipinski definition) is 5. The summed E-state index contributed by atoms with van der Waals surface area (Å²) in [7, 11) is 3.59. The van der Waals surface area contributed by atoms with Crippen LogP contribution in [0.4, 0.5) is 5.69 Å². The molecule has 216 valence electrons. The number of phenols is 1. The van der Waals surface area contributed by atoms with Crippen molar-refractivity contribution in [3.05, 3.63) is 39.7 Å². The molecule has 1 aromatic carbocycles. The highest BCUT2D eigenvalue weighted by Gasteiger charge is 2.60. The number of fused-ring (bicyclic) bond motifs is 3. The SMILES string of the molecule is CC(=O)N(Cc1cc(N(C)C)c2c(c1O)C(O)=C1C(=O)[C@]3(O)C(O)=C(C(N)=O)C(=O)C[C@@H]3C[C@@H]1C2)CC(C)(C)C. The lowest BCUT2D eigenvalue weighted by Crippen LogP contribution is -2.58. The van der Waals surface area contributed by atoms with Gasteiger partial charge in [0.25, 0.3) is 5.91 Å². The van der Waals surface area contributed by atoms with Crippen LogP contribution >= 0.6 is 0 Å². The van der Waals surface area contributed by atoms with E-state index in [-0.39, 0.29) is 54.0 Å². The van der Waals surface area contributed by atoms with Crippen molar-refractivity contribution in [3.63, 3.8) is 0 Å². The molecule has 6 N–H and O–H groups in total. The third kappa shape index (κ3) is 4.51. The number of anilines is 1. The van der Waals surface area contributed by atoms with Gasteiger partial charge in [0, 0.05) is 63.3 Å². The second-order valence-corrected chi connectivity index (χ2v) is 12.5. The summed E-state index contributed by atoms with van der Waals surface area (Å²) in [5.41, 5.74) is 2.97. The normalized spacial score (nSPS) is 24.4. The number of amides is 2. The fourth-order valence-electron chi connectivity index (χ4n) is 6.30. The summed E-state index contributed by atoms with van der Waals surface area (Å²) in [6.45, 7) is 7.84. The Kier molecular flexibility index (Phi) is 7.03. The molecule has 4 rings (SSSR count). The van der Waals surface area contributed by atoms with Gasteiger partial charge in [0.2, 0.25) is 11.7 Å². The van der Waals surface area contributed by atoms with Crippen LogP contribution in [0.15, 0.2) is 23.0 Å². The molecular weight excluding hydrogens is 518 g/mol. The van der Waals surface area contributed by atoms with Crippen molar-refractivity contribution in [3.8, 4) is 5.75 Å². The van der Waals surface area contributed by atoms with Gasteiger partial charge in [-0.1, -0.05) is 20.8 Å². The molecule has 0 unspecified atom stereocenters. The highest BCUT2D eigenvalue weighted by Crippen LogP contribution is 2.53. The van der Waals surface area contributed by atoms with Crippen LogP contribution in [0.3, 0.4) is 0 Å². The minimum Gasteiger partial charge on any atom is -0.508 e. The smallest absolute Gasteiger partial charge is 0.255 e. The Morgan fingerprint density at radius 1 is 1.12 bits per heavy atom. The van der Waals surface area contributed by atoms with Gasteiger partial charge in [-0.15, -0.1) is 0 Å². The van der Waals surface area contributed by atoms with Crippen LogP contribution in [-0.4, -0.2) is 74.9 Å². The number of ketones is 2. The largest absolute Gasteiger partial charge is 0.508 e. The quantitative estimate of drug-likeness (QED) is 0.339. The Morgan fingerprint density at radius 3 is 2.27 bits per heavy atom. The van der Waals surface area contributed by atoms with Crippen molar-refractivity contribution in [2.24, 2.45) is 23.0 Å². The predicted molar refractivity (Wildman–Crippen MR) is 146 cm³/mol. The van der Waals surface area contributed by atoms with Gasteiger partial charge in [0.05, 0.1) is 5.56 Å². The number of aliphatic hydroxyl groups is 3. The number of phenolic OH excluding ortho intramolecular Hbond substituents is 1. The second kappa shape index (κ2) is 9.65. The third-order valence-corrected chi connectivity index (χ3v) is 8.07. The number of primary amides is 1. The molecule has 0 aromatic heterocycles. The lowest BCUT2D eigenvalue weighted by Gasteiger charge is -2.46. The van der Waals surface area contributed by atoms with Crippen LogP contribution in [0.5, 0.6) is 5.75 Å². The predicted octanol–water partition coefficient (Wildman–Crippen LogP) is 1.88. The fraction of sp³-hybridized carbons (Fsp3) is 0.517. The number of aliphatic hydroxyl groups excluding tert-OH is 2. The molecule has 0 bridgehead atoms. The van der Waals surface area contributed by atoms with Crippen LogP contribution in [0.1, 0.15) is 57.2 Å². The first-order valence-electron chi connectivity index (χ1n) is 13.2. The maximum atomic E-state index is 13.8. The topological polar surface area (TPSA) is 182 Å². The Hall–Kier alpha value is -3.86. The maximum Gasteiger partial charge on any atom is 0.255 e. The molecular formula is C29H37N3O8. The number of aromatic hydroxyl groups is 1. The average molecular weight is 556 g/mol. The van der Waals surface area contributed by atoms with E-state index in [0.717, 1.165) is 0 Å². The van der Waals surface area contributed by atoms with E-state index < -0.39 is 52.0 Å². The van der Waals surface area contributed by atoms with Crippen molar-refractivity contribution in [2.45, 2.75) is 59.1 Å². The van der Waals surface area contributed by atoms with Gasteiger partial charge in [-0.25, -0.2) is 0 Å². The first-order valence-corrected chi connectivity index (χ1v) is 13.2. The molecule has 0 radical (unpaired) electrons. The molecule has 0 heterocycles. The van der Waals surface area contributed by atoms with Crippen LogP contribution < -0.4 is 10.6 Å². The van der Waals surface area contributed by atoms with Crippen molar-refractivity contribution in [2.75, 3.05) is 25.5 Å². The highest BCUT2D eigenvalue weighted by molar-refractivity contribution is 6.22. The number of nitrogens with two attached hydrogens (primary N) is 1. The van der Waals surface area contributed by atoms with Gasteiger partial charge in [-0.2, -0.15) is 0 Å². The van der Waals surface area contributed by atoms with Crippen molar-refractivity contribution in [1.29, 1.82) is 0 Å². The summed E-state index contributed by atoms with van der Waals surface area (Å²) in [4.78, 5) is 54.0. The summed E-state index contributed by atoms with van der Waals surface area (Å²) in [5.74, 6) is -6.89. The molecule has 0 saturated heterocycles. The second-order valence-electron chi connectivity index (χ2n) is 12.5. The van der Waals surface area contributed by atoms with Crippen LogP contribution in [-0.2, 0) is 32.1 Å². The lowest BCUT2D eigenvalue weighted by atomic mass is 9.59. The number of Topliss-reactive ketones (excluding diaryl/α,β-unsaturated/α-hetero) is 2. The molecule has 0 aliphatic heterocycles. The van der Waals surface area contributed by atoms with E-state index >= 15 is 0 Å². The van der Waals surface area contributed by atoms with E-state index in [0.29, 0.717) is 23.4 Å². The van der Waals surface area contributed by atoms with Gasteiger partial charge in [0.1, 0.15) is 22.8 Å². The van der Waals surface area contributed by atoms with Crippen LogP contribution in [0.25, 0.3) is 5.76 Å². The zero-order valence-electron chi connectivity index (χ0n) is 23.7. The summed E-state index contributed by atoms with van der Waals surface area (Å²) in [6, 6.07) is 1.75. The number of hydrogen-bond acceptors (Lipinski definition) is 9. The molecule has 11 nitrogen and oxygen atoms in total. The van der Waals surface area contributed by atoms with E-state index in [1.54, 1.807) is 30.0 Å². The standard InChI is InChI=1S/C29H37N3O8/c1-13(33)32(12-28(2,3)4)11-15-9-18(31(5)6)17-8-14-7-16-10-19(34)22(27(30)39)26(38)29(16,40)25(37)20(14)24(36)21(17)23(15)35/h9,14,16,35-36,38,40H,7-8,10-12H2,1-6H3,(H2,30,39)/t14-,16+,29+/m1/s1. The van der Waals surface area contributed by atoms with Crippen molar-refractivity contribution in [1.82, 2.24) is 4.90 Å². The van der Waals surface area contributed by atoms with E-state index in [4.69, 9.17) is 5.73 Å². The highest BCUT2D eigenvalue weighted by atomic mass is 16.3. The number of rotatable bonds is 5. The van der Waals surface area contributed by atoms with E-state index in [1.165, 1.54) is 6.92 Å². The van der Waals surface area contributed by atoms with Crippen molar-refractivity contribution >= 4 is 34.8 Å². The van der Waals surface area contributed by atoms with E-state index in [9.17, 15) is 39.6 Å². The number of carbonyl (C=O) groups is 4. The Balaban J connectivity index is 1.90. The molecule has 11 heteroatoms. The van der Waals surface area contributed by atoms with Gasteiger partial charge >= 0.3 is 0 Å². The molecule has 1 saturated carbocycles. The molecule has 1 aromatic rings. The monoisotopic (exact) mass is 555 g/mol. The zero-order valence-corrected chi connectivity index (χ0v) is 23.7. The summed E-state index contributed by atoms with van der Waals surface area (Å²) < 4.78 is 0. The van der Waals surface area contributed by atoms with Gasteiger partial charge in [-0.05, 0) is 35.8 Å². The minimum atomic E-state index is -2.62. The number of benzene rings is 1. The molecule has 1 fully saturated rings. The summed E-state index contributed by atoms with van der Waals surface area (Å²) in [5, 5.41) is 45.1. The zero-order chi connectivity index (χ0) is 30.1. The minimum absolute atomic E-state index is 0.00703. The Bertz CT molecular complexity index is 1400. The van der Waals surface area contributed by atoms with E-state index in [1.807, 2.05) is 20.8 Å². The number of carbonyl (C=O) groups excluding carboxylic acids is 4. The van der Waals surface area contributed by atoms with Gasteiger partial charge in [-0.3, -0.25) is 19.2 Å². The fourth-order valence-corrected chi connectivity index (χ4v) is 6.30. The molecule has 0 spiro atoms. The maximum absolute atomic E-state index is 13.8. The van der Waals surface area contributed by atoms with Crippen LogP contribution in [0.2, 0.25) is 0 Å². The summed E-state index contributed by atoms with van der Waals surface area (Å²) >= 11 is 0. The first-order chi connectivity index (χ1) is 18.4. The average Bonchev–Trinajstić information content (AvgIpc) is 2.81. The first kappa shape index (κ1) is 29.1. The molecule has 2 amide bonds. The third-order valence-electron chi connectivity index (χ3n) is 8.07. The van der Waals surface area contributed by atoms with Gasteiger partial charge in [0.15, 0.2) is 11.4 Å². The Morgan fingerprint density at radius 2 is 1.75 bits per heavy atom. The summed E-state index contributed by atoms with van der Waals surface area (Å²) in [6.07, 6.45) is -0.114. The Labute approximate surface area is 232 Å². The van der Waals surface area contributed by atoms with E-state index in [2.05, 4.69) is 0 Å².